The average Bonchev–Trinajstić information content (AvgIpc) is 2.45. The molecule has 0 aliphatic heterocycles. The zero-order chi connectivity index (χ0) is 15.3. The van der Waals surface area contributed by atoms with Crippen LogP contribution in [0.5, 0.6) is 0 Å². The smallest absolute Gasteiger partial charge is 0.370 e. The van der Waals surface area contributed by atoms with Gasteiger partial charge in [0.25, 0.3) is 0 Å². The Morgan fingerprint density at radius 1 is 1.32 bits per heavy atom. The van der Waals surface area contributed by atoms with Crippen molar-refractivity contribution < 1.29 is 13.2 Å². The van der Waals surface area contributed by atoms with Crippen LogP contribution in [-0.4, -0.2) is 23.7 Å². The lowest BCUT2D eigenvalue weighted by molar-refractivity contribution is -0.195. The van der Waals surface area contributed by atoms with Crippen LogP contribution in [0.25, 0.3) is 0 Å². The van der Waals surface area contributed by atoms with Crippen LogP contribution in [0.4, 0.5) is 19.0 Å². The second-order valence-corrected chi connectivity index (χ2v) is 5.26. The Hall–Kier alpha value is -1.06. The first kappa shape index (κ1) is 19.0. The van der Waals surface area contributed by atoms with E-state index in [0.717, 1.165) is 6.42 Å². The van der Waals surface area contributed by atoms with Crippen LogP contribution < -0.4 is 11.1 Å². The molecule has 0 unspecified atom stereocenters. The van der Waals surface area contributed by atoms with E-state index in [-0.39, 0.29) is 42.9 Å². The third-order valence-electron chi connectivity index (χ3n) is 3.75. The van der Waals surface area contributed by atoms with E-state index in [1.165, 1.54) is 0 Å². The molecule has 124 valence electrons. The Kier molecular flexibility index (Phi) is 7.37. The van der Waals surface area contributed by atoms with Crippen LogP contribution in [-0.2, 0) is 0 Å². The van der Waals surface area contributed by atoms with Gasteiger partial charge in [-0.25, -0.2) is 4.98 Å². The van der Waals surface area contributed by atoms with Gasteiger partial charge in [-0.05, 0) is 30.9 Å². The topological polar surface area (TPSA) is 63.3 Å². The van der Waals surface area contributed by atoms with Crippen molar-refractivity contribution in [3.63, 3.8) is 0 Å². The van der Waals surface area contributed by atoms with E-state index in [4.69, 9.17) is 5.73 Å². The summed E-state index contributed by atoms with van der Waals surface area (Å²) in [7, 11) is 0. The SMILES string of the molecule is I.NC(=NC[C@H]1CCCC[C@H]1C(F)(F)F)Nc1ccccn1. The van der Waals surface area contributed by atoms with Crippen LogP contribution in [0.15, 0.2) is 29.4 Å². The lowest BCUT2D eigenvalue weighted by Gasteiger charge is -2.32. The summed E-state index contributed by atoms with van der Waals surface area (Å²) >= 11 is 0. The van der Waals surface area contributed by atoms with Gasteiger partial charge in [-0.15, -0.1) is 24.0 Å². The van der Waals surface area contributed by atoms with Gasteiger partial charge in [0, 0.05) is 12.7 Å². The molecule has 1 heterocycles. The van der Waals surface area contributed by atoms with E-state index in [1.807, 2.05) is 0 Å². The molecule has 22 heavy (non-hydrogen) atoms. The molecule has 0 aromatic carbocycles. The van der Waals surface area contributed by atoms with E-state index >= 15 is 0 Å². The van der Waals surface area contributed by atoms with Crippen molar-refractivity contribution in [3.8, 4) is 0 Å². The first-order valence-corrected chi connectivity index (χ1v) is 7.01. The van der Waals surface area contributed by atoms with Crippen molar-refractivity contribution in [1.82, 2.24) is 4.98 Å². The van der Waals surface area contributed by atoms with Crippen LogP contribution >= 0.6 is 24.0 Å². The number of guanidine groups is 1. The Morgan fingerprint density at radius 3 is 2.68 bits per heavy atom. The summed E-state index contributed by atoms with van der Waals surface area (Å²) in [6.45, 7) is 0.0931. The first-order chi connectivity index (χ1) is 9.97. The molecule has 1 aromatic rings. The maximum Gasteiger partial charge on any atom is 0.392 e. The van der Waals surface area contributed by atoms with Crippen molar-refractivity contribution in [2.75, 3.05) is 11.9 Å². The molecule has 3 N–H and O–H groups in total. The van der Waals surface area contributed by atoms with Crippen LogP contribution in [0.3, 0.4) is 0 Å². The van der Waals surface area contributed by atoms with Gasteiger partial charge in [-0.3, -0.25) is 4.99 Å². The summed E-state index contributed by atoms with van der Waals surface area (Å²) in [5.74, 6) is -1.13. The molecule has 1 aromatic heterocycles. The van der Waals surface area contributed by atoms with E-state index < -0.39 is 18.0 Å². The van der Waals surface area contributed by atoms with E-state index in [0.29, 0.717) is 18.7 Å². The number of aliphatic imine (C=N–C) groups is 1. The maximum atomic E-state index is 13.0. The van der Waals surface area contributed by atoms with Gasteiger partial charge in [0.1, 0.15) is 5.82 Å². The number of hydrogen-bond donors (Lipinski definition) is 2. The van der Waals surface area contributed by atoms with Gasteiger partial charge in [0.05, 0.1) is 5.92 Å². The molecule has 0 saturated heterocycles. The number of nitrogens with one attached hydrogen (secondary N) is 1. The molecule has 0 amide bonds. The Morgan fingerprint density at radius 2 is 2.05 bits per heavy atom. The molecule has 2 atom stereocenters. The summed E-state index contributed by atoms with van der Waals surface area (Å²) in [5, 5.41) is 2.77. The van der Waals surface area contributed by atoms with Gasteiger partial charge in [0.2, 0.25) is 0 Å². The number of pyridine rings is 1. The van der Waals surface area contributed by atoms with Gasteiger partial charge in [-0.1, -0.05) is 18.9 Å². The number of aromatic nitrogens is 1. The number of halogens is 4. The van der Waals surface area contributed by atoms with Gasteiger partial charge < -0.3 is 11.1 Å². The number of rotatable bonds is 3. The first-order valence-electron chi connectivity index (χ1n) is 7.01. The quantitative estimate of drug-likeness (QED) is 0.438. The summed E-state index contributed by atoms with van der Waals surface area (Å²) in [6, 6.07) is 5.25. The van der Waals surface area contributed by atoms with Gasteiger partial charge in [-0.2, -0.15) is 13.2 Å². The molecule has 0 bridgehead atoms. The average molecular weight is 428 g/mol. The third-order valence-corrected chi connectivity index (χ3v) is 3.75. The number of alkyl halides is 3. The maximum absolute atomic E-state index is 13.0. The highest BCUT2D eigenvalue weighted by molar-refractivity contribution is 14.0. The highest BCUT2D eigenvalue weighted by Gasteiger charge is 2.45. The van der Waals surface area contributed by atoms with Gasteiger partial charge in [0.15, 0.2) is 5.96 Å². The molecular weight excluding hydrogens is 408 g/mol. The molecule has 4 nitrogen and oxygen atoms in total. The molecule has 1 aliphatic carbocycles. The van der Waals surface area contributed by atoms with Gasteiger partial charge >= 0.3 is 6.18 Å². The standard InChI is InChI=1S/C14H19F3N4.HI/c15-14(16,17)11-6-2-1-5-10(11)9-20-13(18)21-12-7-3-4-8-19-12;/h3-4,7-8,10-11H,1-2,5-6,9H2,(H3,18,19,20,21);1H/t10-,11-;/m1./s1. The second kappa shape index (κ2) is 8.54. The summed E-state index contributed by atoms with van der Waals surface area (Å²) in [6.07, 6.45) is -0.367. The number of nitrogens with zero attached hydrogens (tertiary/aromatic N) is 2. The Balaban J connectivity index is 0.00000242. The minimum absolute atomic E-state index is 0. The van der Waals surface area contributed by atoms with Crippen molar-refractivity contribution >= 4 is 35.8 Å². The summed E-state index contributed by atoms with van der Waals surface area (Å²) in [5.41, 5.74) is 5.70. The molecule has 0 radical (unpaired) electrons. The lowest BCUT2D eigenvalue weighted by Crippen LogP contribution is -2.35. The lowest BCUT2D eigenvalue weighted by atomic mass is 9.79. The number of hydrogen-bond acceptors (Lipinski definition) is 2. The van der Waals surface area contributed by atoms with Crippen molar-refractivity contribution in [2.45, 2.75) is 31.9 Å². The van der Waals surface area contributed by atoms with Crippen LogP contribution in [0, 0.1) is 11.8 Å². The molecular formula is C14H20F3IN4. The molecule has 2 rings (SSSR count). The fourth-order valence-corrected chi connectivity index (χ4v) is 2.68. The highest BCUT2D eigenvalue weighted by atomic mass is 127. The fourth-order valence-electron chi connectivity index (χ4n) is 2.68. The van der Waals surface area contributed by atoms with Crippen molar-refractivity contribution in [2.24, 2.45) is 22.6 Å². The monoisotopic (exact) mass is 428 g/mol. The Bertz CT molecular complexity index is 479. The van der Waals surface area contributed by atoms with E-state index in [2.05, 4.69) is 15.3 Å². The van der Waals surface area contributed by atoms with E-state index in [1.54, 1.807) is 24.4 Å². The normalized spacial score (nSPS) is 22.8. The largest absolute Gasteiger partial charge is 0.392 e. The predicted molar refractivity (Wildman–Crippen MR) is 91.3 cm³/mol. The van der Waals surface area contributed by atoms with Crippen molar-refractivity contribution in [3.05, 3.63) is 24.4 Å². The van der Waals surface area contributed by atoms with Crippen molar-refractivity contribution in [1.29, 1.82) is 0 Å². The van der Waals surface area contributed by atoms with Crippen LogP contribution in [0.2, 0.25) is 0 Å². The van der Waals surface area contributed by atoms with E-state index in [9.17, 15) is 13.2 Å². The zero-order valence-electron chi connectivity index (χ0n) is 12.0. The zero-order valence-corrected chi connectivity index (χ0v) is 14.3. The summed E-state index contributed by atoms with van der Waals surface area (Å²) in [4.78, 5) is 8.07. The minimum Gasteiger partial charge on any atom is -0.370 e. The second-order valence-electron chi connectivity index (χ2n) is 5.26. The third kappa shape index (κ3) is 5.62. The minimum atomic E-state index is -4.15. The predicted octanol–water partition coefficient (Wildman–Crippen LogP) is 3.79. The fraction of sp³-hybridized carbons (Fsp3) is 0.571. The molecule has 0 spiro atoms. The number of anilines is 1. The summed E-state index contributed by atoms with van der Waals surface area (Å²) < 4.78 is 38.9. The molecule has 1 fully saturated rings. The molecule has 8 heteroatoms. The highest BCUT2D eigenvalue weighted by Crippen LogP contribution is 2.41. The van der Waals surface area contributed by atoms with Crippen LogP contribution in [0.1, 0.15) is 25.7 Å². The molecule has 1 aliphatic rings. The molecule has 1 saturated carbocycles. The number of nitrogens with two attached hydrogens (primary N) is 1. The Labute approximate surface area is 144 Å².